The second-order valence-electron chi connectivity index (χ2n) is 4.84. The van der Waals surface area contributed by atoms with Crippen LogP contribution in [0.15, 0.2) is 23.4 Å². The summed E-state index contributed by atoms with van der Waals surface area (Å²) >= 11 is 0. The highest BCUT2D eigenvalue weighted by molar-refractivity contribution is 5.88. The van der Waals surface area contributed by atoms with Crippen LogP contribution in [0.5, 0.6) is 0 Å². The van der Waals surface area contributed by atoms with Crippen LogP contribution >= 0.6 is 0 Å². The van der Waals surface area contributed by atoms with Crippen molar-refractivity contribution < 1.29 is 4.79 Å². The Morgan fingerprint density at radius 3 is 2.71 bits per heavy atom. The Morgan fingerprint density at radius 1 is 1.50 bits per heavy atom. The Hall–Kier alpha value is -1.05. The van der Waals surface area contributed by atoms with Crippen LogP contribution in [0.25, 0.3) is 0 Å². The molecule has 2 heteroatoms. The van der Waals surface area contributed by atoms with Gasteiger partial charge in [-0.2, -0.15) is 0 Å². The van der Waals surface area contributed by atoms with Crippen LogP contribution in [0.1, 0.15) is 27.2 Å². The van der Waals surface area contributed by atoms with Gasteiger partial charge < -0.3 is 4.90 Å². The molecule has 2 nitrogen and oxygen atoms in total. The molecule has 1 fully saturated rings. The summed E-state index contributed by atoms with van der Waals surface area (Å²) in [4.78, 5) is 13.8. The Labute approximate surface area is 85.3 Å². The largest absolute Gasteiger partial charge is 0.318 e. The SMILES string of the molecule is CC1=C2C(CC=C1)C(C)(C)C(=O)N2C. The molecule has 2 rings (SSSR count). The molecule has 1 amide bonds. The maximum atomic E-state index is 12.0. The molecule has 1 saturated heterocycles. The number of allylic oxidation sites excluding steroid dienone is 4. The molecular weight excluding hydrogens is 174 g/mol. The van der Waals surface area contributed by atoms with Gasteiger partial charge in [0.2, 0.25) is 5.91 Å². The number of amides is 1. The van der Waals surface area contributed by atoms with Crippen molar-refractivity contribution in [3.05, 3.63) is 23.4 Å². The number of fused-ring (bicyclic) bond motifs is 1. The van der Waals surface area contributed by atoms with E-state index in [0.29, 0.717) is 5.92 Å². The molecule has 1 aliphatic carbocycles. The van der Waals surface area contributed by atoms with E-state index in [1.165, 1.54) is 11.3 Å². The molecule has 0 N–H and O–H groups in total. The fourth-order valence-corrected chi connectivity index (χ4v) is 2.68. The third-order valence-corrected chi connectivity index (χ3v) is 3.56. The number of rotatable bonds is 0. The Balaban J connectivity index is 2.54. The van der Waals surface area contributed by atoms with E-state index < -0.39 is 0 Å². The average Bonchev–Trinajstić information content (AvgIpc) is 2.30. The molecule has 76 valence electrons. The van der Waals surface area contributed by atoms with Gasteiger partial charge in [0.1, 0.15) is 0 Å². The van der Waals surface area contributed by atoms with E-state index >= 15 is 0 Å². The second kappa shape index (κ2) is 2.72. The van der Waals surface area contributed by atoms with Gasteiger partial charge in [-0.05, 0) is 18.9 Å². The molecule has 0 saturated carbocycles. The van der Waals surface area contributed by atoms with Crippen molar-refractivity contribution in [2.45, 2.75) is 27.2 Å². The van der Waals surface area contributed by atoms with Crippen LogP contribution in [-0.2, 0) is 4.79 Å². The van der Waals surface area contributed by atoms with Crippen molar-refractivity contribution in [3.8, 4) is 0 Å². The van der Waals surface area contributed by atoms with E-state index in [9.17, 15) is 4.79 Å². The monoisotopic (exact) mass is 191 g/mol. The van der Waals surface area contributed by atoms with Crippen molar-refractivity contribution >= 4 is 5.91 Å². The number of hydrogen-bond donors (Lipinski definition) is 0. The van der Waals surface area contributed by atoms with E-state index in [4.69, 9.17) is 0 Å². The zero-order chi connectivity index (χ0) is 10.5. The van der Waals surface area contributed by atoms with Crippen molar-refractivity contribution in [1.29, 1.82) is 0 Å². The van der Waals surface area contributed by atoms with E-state index in [1.807, 2.05) is 11.9 Å². The minimum Gasteiger partial charge on any atom is -0.318 e. The number of carbonyl (C=O) groups is 1. The molecule has 14 heavy (non-hydrogen) atoms. The predicted octanol–water partition coefficient (Wildman–Crippen LogP) is 2.33. The topological polar surface area (TPSA) is 20.3 Å². The van der Waals surface area contributed by atoms with Gasteiger partial charge in [-0.3, -0.25) is 4.79 Å². The third-order valence-electron chi connectivity index (χ3n) is 3.56. The van der Waals surface area contributed by atoms with E-state index in [1.54, 1.807) is 0 Å². The van der Waals surface area contributed by atoms with Crippen LogP contribution in [0.2, 0.25) is 0 Å². The summed E-state index contributed by atoms with van der Waals surface area (Å²) in [7, 11) is 1.89. The van der Waals surface area contributed by atoms with Crippen LogP contribution in [0, 0.1) is 11.3 Å². The first kappa shape index (κ1) is 9.50. The Bertz CT molecular complexity index is 349. The normalized spacial score (nSPS) is 29.9. The van der Waals surface area contributed by atoms with Gasteiger partial charge >= 0.3 is 0 Å². The van der Waals surface area contributed by atoms with Crippen LogP contribution in [-0.4, -0.2) is 17.9 Å². The molecule has 0 aromatic carbocycles. The first-order valence-electron chi connectivity index (χ1n) is 5.11. The number of hydrogen-bond acceptors (Lipinski definition) is 1. The van der Waals surface area contributed by atoms with Gasteiger partial charge in [0, 0.05) is 18.7 Å². The number of likely N-dealkylation sites (tertiary alicyclic amines) is 1. The Morgan fingerprint density at radius 2 is 2.14 bits per heavy atom. The smallest absolute Gasteiger partial charge is 0.232 e. The molecule has 0 aromatic rings. The lowest BCUT2D eigenvalue weighted by Crippen LogP contribution is -2.29. The standard InChI is InChI=1S/C12H17NO/c1-8-6-5-7-9-10(8)13(4)11(14)12(9,2)3/h5-6,9H,7H2,1-4H3. The summed E-state index contributed by atoms with van der Waals surface area (Å²) in [6.45, 7) is 6.19. The maximum absolute atomic E-state index is 12.0. The minimum atomic E-state index is -0.226. The van der Waals surface area contributed by atoms with Crippen LogP contribution in [0.3, 0.4) is 0 Å². The molecule has 0 spiro atoms. The highest BCUT2D eigenvalue weighted by atomic mass is 16.2. The number of carbonyl (C=O) groups excluding carboxylic acids is 1. The van der Waals surface area contributed by atoms with Crippen molar-refractivity contribution in [2.24, 2.45) is 11.3 Å². The molecule has 2 aliphatic rings. The van der Waals surface area contributed by atoms with Gasteiger partial charge in [0.25, 0.3) is 0 Å². The lowest BCUT2D eigenvalue weighted by atomic mass is 9.76. The van der Waals surface area contributed by atoms with Crippen LogP contribution in [0.4, 0.5) is 0 Å². The molecule has 0 aromatic heterocycles. The molecule has 1 atom stereocenters. The fraction of sp³-hybridized carbons (Fsp3) is 0.583. The van der Waals surface area contributed by atoms with Gasteiger partial charge in [-0.1, -0.05) is 26.0 Å². The Kier molecular flexibility index (Phi) is 1.85. The lowest BCUT2D eigenvalue weighted by molar-refractivity contribution is -0.133. The zero-order valence-electron chi connectivity index (χ0n) is 9.29. The first-order valence-corrected chi connectivity index (χ1v) is 5.11. The molecule has 1 unspecified atom stereocenters. The summed E-state index contributed by atoms with van der Waals surface area (Å²) in [6, 6.07) is 0. The van der Waals surface area contributed by atoms with Gasteiger partial charge in [0.15, 0.2) is 0 Å². The van der Waals surface area contributed by atoms with Gasteiger partial charge in [-0.15, -0.1) is 0 Å². The minimum absolute atomic E-state index is 0.226. The third kappa shape index (κ3) is 0.999. The number of nitrogens with zero attached hydrogens (tertiary/aromatic N) is 1. The highest BCUT2D eigenvalue weighted by Gasteiger charge is 2.49. The molecule has 0 radical (unpaired) electrons. The van der Waals surface area contributed by atoms with Crippen LogP contribution < -0.4 is 0 Å². The molecule has 0 bridgehead atoms. The summed E-state index contributed by atoms with van der Waals surface area (Å²) < 4.78 is 0. The van der Waals surface area contributed by atoms with E-state index in [2.05, 4.69) is 32.9 Å². The first-order chi connectivity index (χ1) is 6.46. The maximum Gasteiger partial charge on any atom is 0.232 e. The predicted molar refractivity (Wildman–Crippen MR) is 56.5 cm³/mol. The quantitative estimate of drug-likeness (QED) is 0.575. The summed E-state index contributed by atoms with van der Waals surface area (Å²) in [5.41, 5.74) is 2.24. The van der Waals surface area contributed by atoms with Gasteiger partial charge in [-0.25, -0.2) is 0 Å². The summed E-state index contributed by atoms with van der Waals surface area (Å²) in [6.07, 6.45) is 5.30. The van der Waals surface area contributed by atoms with Crippen molar-refractivity contribution in [3.63, 3.8) is 0 Å². The summed E-state index contributed by atoms with van der Waals surface area (Å²) in [5, 5.41) is 0. The average molecular weight is 191 g/mol. The molecule has 1 heterocycles. The van der Waals surface area contributed by atoms with E-state index in [0.717, 1.165) is 6.42 Å². The van der Waals surface area contributed by atoms with Crippen molar-refractivity contribution in [2.75, 3.05) is 7.05 Å². The lowest BCUT2D eigenvalue weighted by Gasteiger charge is -2.25. The molecular formula is C12H17NO. The molecule has 1 aliphatic heterocycles. The second-order valence-corrected chi connectivity index (χ2v) is 4.84. The van der Waals surface area contributed by atoms with E-state index in [-0.39, 0.29) is 11.3 Å². The summed E-state index contributed by atoms with van der Waals surface area (Å²) in [5.74, 6) is 0.630. The zero-order valence-corrected chi connectivity index (χ0v) is 9.29. The van der Waals surface area contributed by atoms with Crippen molar-refractivity contribution in [1.82, 2.24) is 4.90 Å². The van der Waals surface area contributed by atoms with Gasteiger partial charge in [0.05, 0.1) is 5.41 Å². The highest BCUT2D eigenvalue weighted by Crippen LogP contribution is 2.47. The fourth-order valence-electron chi connectivity index (χ4n) is 2.68.